The van der Waals surface area contributed by atoms with E-state index >= 15 is 0 Å². The molecule has 82 valence electrons. The summed E-state index contributed by atoms with van der Waals surface area (Å²) < 4.78 is 1.87. The quantitative estimate of drug-likeness (QED) is 0.776. The molecule has 0 aliphatic heterocycles. The van der Waals surface area contributed by atoms with Gasteiger partial charge in [-0.2, -0.15) is 0 Å². The van der Waals surface area contributed by atoms with Crippen LogP contribution in [0.25, 0.3) is 0 Å². The smallest absolute Gasteiger partial charge is 0.338 e. The summed E-state index contributed by atoms with van der Waals surface area (Å²) in [5.74, 6) is -1.04. The number of carbonyl (C=O) groups excluding carboxylic acids is 1. The SMILES string of the molecule is Cc1c(C=O)c(C(=O)O)c(C)n1C(C)C. The second-order valence-electron chi connectivity index (χ2n) is 3.85. The Morgan fingerprint density at radius 2 is 1.87 bits per heavy atom. The molecule has 4 nitrogen and oxygen atoms in total. The molecule has 0 saturated carbocycles. The Morgan fingerprint density at radius 1 is 1.33 bits per heavy atom. The summed E-state index contributed by atoms with van der Waals surface area (Å²) in [6.45, 7) is 7.41. The van der Waals surface area contributed by atoms with E-state index in [4.69, 9.17) is 5.11 Å². The van der Waals surface area contributed by atoms with Crippen molar-refractivity contribution in [2.75, 3.05) is 0 Å². The maximum absolute atomic E-state index is 11.0. The number of nitrogens with zero attached hydrogens (tertiary/aromatic N) is 1. The van der Waals surface area contributed by atoms with Crippen LogP contribution in [-0.2, 0) is 0 Å². The number of hydrogen-bond donors (Lipinski definition) is 1. The molecule has 0 radical (unpaired) electrons. The molecule has 1 aromatic heterocycles. The van der Waals surface area contributed by atoms with Crippen LogP contribution >= 0.6 is 0 Å². The van der Waals surface area contributed by atoms with Gasteiger partial charge in [-0.15, -0.1) is 0 Å². The van der Waals surface area contributed by atoms with Crippen molar-refractivity contribution >= 4 is 12.3 Å². The first kappa shape index (κ1) is 11.5. The maximum atomic E-state index is 11.0. The molecule has 0 bridgehead atoms. The summed E-state index contributed by atoms with van der Waals surface area (Å²) in [5.41, 5.74) is 1.76. The van der Waals surface area contributed by atoms with E-state index in [1.807, 2.05) is 18.4 Å². The Labute approximate surface area is 88.5 Å². The lowest BCUT2D eigenvalue weighted by Crippen LogP contribution is -2.06. The summed E-state index contributed by atoms with van der Waals surface area (Å²) in [6, 6.07) is 0.150. The normalized spacial score (nSPS) is 10.7. The fraction of sp³-hybridized carbons (Fsp3) is 0.455. The standard InChI is InChI=1S/C11H15NO3/c1-6(2)12-7(3)9(5-13)10(8(12)4)11(14)15/h5-6H,1-4H3,(H,14,15). The first-order valence-corrected chi connectivity index (χ1v) is 4.81. The zero-order valence-electron chi connectivity index (χ0n) is 9.37. The van der Waals surface area contributed by atoms with E-state index in [-0.39, 0.29) is 17.2 Å². The number of rotatable bonds is 3. The van der Waals surface area contributed by atoms with Gasteiger partial charge in [-0.3, -0.25) is 4.79 Å². The summed E-state index contributed by atoms with van der Waals surface area (Å²) in [5, 5.41) is 9.02. The minimum absolute atomic E-state index is 0.121. The number of aromatic carboxylic acids is 1. The third-order valence-corrected chi connectivity index (χ3v) is 2.59. The zero-order chi connectivity index (χ0) is 11.7. The monoisotopic (exact) mass is 209 g/mol. The van der Waals surface area contributed by atoms with Crippen LogP contribution in [0.1, 0.15) is 52.0 Å². The van der Waals surface area contributed by atoms with Crippen molar-refractivity contribution in [3.05, 3.63) is 22.5 Å². The van der Waals surface area contributed by atoms with Gasteiger partial charge in [0.05, 0.1) is 5.56 Å². The molecule has 1 N–H and O–H groups in total. The molecule has 0 aromatic carbocycles. The fourth-order valence-electron chi connectivity index (χ4n) is 2.07. The Hall–Kier alpha value is -1.58. The minimum Gasteiger partial charge on any atom is -0.478 e. The minimum atomic E-state index is -1.04. The van der Waals surface area contributed by atoms with Gasteiger partial charge in [-0.25, -0.2) is 4.79 Å². The van der Waals surface area contributed by atoms with Crippen molar-refractivity contribution in [1.29, 1.82) is 0 Å². The number of carbonyl (C=O) groups is 2. The highest BCUT2D eigenvalue weighted by Gasteiger charge is 2.22. The third kappa shape index (κ3) is 1.67. The number of aromatic nitrogens is 1. The summed E-state index contributed by atoms with van der Waals surface area (Å²) in [4.78, 5) is 21.9. The molecule has 1 aromatic rings. The van der Waals surface area contributed by atoms with Crippen molar-refractivity contribution in [1.82, 2.24) is 4.57 Å². The van der Waals surface area contributed by atoms with E-state index in [9.17, 15) is 9.59 Å². The second kappa shape index (κ2) is 3.88. The van der Waals surface area contributed by atoms with Gasteiger partial charge in [0.25, 0.3) is 0 Å². The number of hydrogen-bond acceptors (Lipinski definition) is 2. The molecule has 1 heterocycles. The molecule has 0 spiro atoms. The Kier molecular flexibility index (Phi) is 2.98. The van der Waals surface area contributed by atoms with Crippen molar-refractivity contribution < 1.29 is 14.7 Å². The number of carboxylic acid groups (broad SMARTS) is 1. The van der Waals surface area contributed by atoms with Crippen LogP contribution in [0.5, 0.6) is 0 Å². The Morgan fingerprint density at radius 3 is 2.13 bits per heavy atom. The van der Waals surface area contributed by atoms with Gasteiger partial charge < -0.3 is 9.67 Å². The van der Waals surface area contributed by atoms with Gasteiger partial charge in [0.1, 0.15) is 0 Å². The van der Waals surface area contributed by atoms with Crippen molar-refractivity contribution in [2.24, 2.45) is 0 Å². The van der Waals surface area contributed by atoms with Crippen LogP contribution in [0.2, 0.25) is 0 Å². The van der Waals surface area contributed by atoms with Crippen LogP contribution in [0.4, 0.5) is 0 Å². The Balaban J connectivity index is 3.59. The first-order valence-electron chi connectivity index (χ1n) is 4.81. The predicted octanol–water partition coefficient (Wildman–Crippen LogP) is 2.20. The predicted molar refractivity (Wildman–Crippen MR) is 56.6 cm³/mol. The largest absolute Gasteiger partial charge is 0.478 e. The maximum Gasteiger partial charge on any atom is 0.338 e. The van der Waals surface area contributed by atoms with Gasteiger partial charge >= 0.3 is 5.97 Å². The topological polar surface area (TPSA) is 59.3 Å². The average molecular weight is 209 g/mol. The van der Waals surface area contributed by atoms with E-state index in [2.05, 4.69) is 0 Å². The van der Waals surface area contributed by atoms with Crippen LogP contribution in [0, 0.1) is 13.8 Å². The molecule has 0 aliphatic carbocycles. The van der Waals surface area contributed by atoms with E-state index in [1.54, 1.807) is 13.8 Å². The zero-order valence-corrected chi connectivity index (χ0v) is 9.37. The van der Waals surface area contributed by atoms with Gasteiger partial charge in [0.2, 0.25) is 0 Å². The number of carboxylic acids is 1. The molecule has 4 heteroatoms. The first-order chi connectivity index (χ1) is 6.91. The van der Waals surface area contributed by atoms with Crippen molar-refractivity contribution in [3.63, 3.8) is 0 Å². The van der Waals surface area contributed by atoms with E-state index in [0.717, 1.165) is 5.69 Å². The van der Waals surface area contributed by atoms with Crippen molar-refractivity contribution in [2.45, 2.75) is 33.7 Å². The average Bonchev–Trinajstić information content (AvgIpc) is 2.36. The Bertz CT molecular complexity index is 416. The summed E-state index contributed by atoms with van der Waals surface area (Å²) in [6.07, 6.45) is 0.616. The van der Waals surface area contributed by atoms with Crippen molar-refractivity contribution in [3.8, 4) is 0 Å². The third-order valence-electron chi connectivity index (χ3n) is 2.59. The lowest BCUT2D eigenvalue weighted by Gasteiger charge is -2.13. The molecule has 0 aliphatic rings. The van der Waals surface area contributed by atoms with Gasteiger partial charge in [-0.1, -0.05) is 0 Å². The fourth-order valence-corrected chi connectivity index (χ4v) is 2.07. The summed E-state index contributed by atoms with van der Waals surface area (Å²) >= 11 is 0. The second-order valence-corrected chi connectivity index (χ2v) is 3.85. The molecule has 0 fully saturated rings. The highest BCUT2D eigenvalue weighted by molar-refractivity contribution is 5.99. The van der Waals surface area contributed by atoms with Crippen LogP contribution in [0.15, 0.2) is 0 Å². The van der Waals surface area contributed by atoms with Crippen LogP contribution in [-0.4, -0.2) is 21.9 Å². The molecular formula is C11H15NO3. The summed E-state index contributed by atoms with van der Waals surface area (Å²) in [7, 11) is 0. The molecule has 0 unspecified atom stereocenters. The highest BCUT2D eigenvalue weighted by Crippen LogP contribution is 2.24. The van der Waals surface area contributed by atoms with E-state index in [1.165, 1.54) is 0 Å². The van der Waals surface area contributed by atoms with Gasteiger partial charge in [0, 0.05) is 23.0 Å². The molecule has 0 atom stereocenters. The lowest BCUT2D eigenvalue weighted by molar-refractivity contribution is 0.0693. The van der Waals surface area contributed by atoms with E-state index in [0.29, 0.717) is 12.0 Å². The van der Waals surface area contributed by atoms with Crippen LogP contribution < -0.4 is 0 Å². The number of aldehydes is 1. The highest BCUT2D eigenvalue weighted by atomic mass is 16.4. The molecular weight excluding hydrogens is 194 g/mol. The van der Waals surface area contributed by atoms with E-state index < -0.39 is 5.97 Å². The van der Waals surface area contributed by atoms with Crippen LogP contribution in [0.3, 0.4) is 0 Å². The molecule has 1 rings (SSSR count). The lowest BCUT2D eigenvalue weighted by atomic mass is 10.1. The molecule has 15 heavy (non-hydrogen) atoms. The van der Waals surface area contributed by atoms with Gasteiger partial charge in [0.15, 0.2) is 6.29 Å². The molecule has 0 amide bonds. The van der Waals surface area contributed by atoms with Gasteiger partial charge in [-0.05, 0) is 27.7 Å². The molecule has 0 saturated heterocycles.